The van der Waals surface area contributed by atoms with Crippen LogP contribution in [0.25, 0.3) is 0 Å². The van der Waals surface area contributed by atoms with Crippen LogP contribution in [0.4, 0.5) is 5.95 Å². The van der Waals surface area contributed by atoms with Crippen molar-refractivity contribution >= 4 is 35.3 Å². The number of aromatic nitrogens is 3. The van der Waals surface area contributed by atoms with E-state index in [0.717, 1.165) is 0 Å². The van der Waals surface area contributed by atoms with E-state index in [9.17, 15) is 4.79 Å². The molecule has 16 heavy (non-hydrogen) atoms. The fourth-order valence-electron chi connectivity index (χ4n) is 0.836. The molecule has 0 unspecified atom stereocenters. The molecule has 1 aromatic heterocycles. The fourth-order valence-corrected chi connectivity index (χ4v) is 1.80. The number of carbonyl (C=O) groups is 1. The molecule has 0 aromatic carbocycles. The SMILES string of the molecule is CNc1nc(Cl)nc(SCCC(=O)OC)n1. The summed E-state index contributed by atoms with van der Waals surface area (Å²) in [6.07, 6.45) is 0.305. The van der Waals surface area contributed by atoms with Gasteiger partial charge in [0.05, 0.1) is 13.5 Å². The first-order valence-electron chi connectivity index (χ1n) is 4.44. The summed E-state index contributed by atoms with van der Waals surface area (Å²) >= 11 is 7.01. The predicted octanol–water partition coefficient (Wildman–Crippen LogP) is 1.22. The Labute approximate surface area is 102 Å². The van der Waals surface area contributed by atoms with Crippen LogP contribution < -0.4 is 5.32 Å². The largest absolute Gasteiger partial charge is 0.469 e. The molecule has 0 saturated heterocycles. The maximum absolute atomic E-state index is 10.9. The molecule has 0 saturated carbocycles. The summed E-state index contributed by atoms with van der Waals surface area (Å²) in [5, 5.41) is 3.37. The smallest absolute Gasteiger partial charge is 0.306 e. The summed E-state index contributed by atoms with van der Waals surface area (Å²) in [7, 11) is 3.04. The van der Waals surface area contributed by atoms with E-state index in [2.05, 4.69) is 25.0 Å². The van der Waals surface area contributed by atoms with Gasteiger partial charge in [0.1, 0.15) is 0 Å². The summed E-state index contributed by atoms with van der Waals surface area (Å²) in [5.41, 5.74) is 0. The Hall–Kier alpha value is -1.08. The zero-order valence-electron chi connectivity index (χ0n) is 8.86. The molecule has 0 aliphatic heterocycles. The lowest BCUT2D eigenvalue weighted by molar-refractivity contribution is -0.140. The molecule has 0 radical (unpaired) electrons. The molecule has 0 amide bonds. The summed E-state index contributed by atoms with van der Waals surface area (Å²) in [4.78, 5) is 22.7. The molecule has 0 aliphatic rings. The number of nitrogens with one attached hydrogen (secondary N) is 1. The molecule has 8 heteroatoms. The Kier molecular flexibility index (Phi) is 5.27. The lowest BCUT2D eigenvalue weighted by Crippen LogP contribution is -2.03. The van der Waals surface area contributed by atoms with Gasteiger partial charge in [-0.25, -0.2) is 0 Å². The second-order valence-electron chi connectivity index (χ2n) is 2.64. The van der Waals surface area contributed by atoms with E-state index in [-0.39, 0.29) is 11.3 Å². The molecule has 0 aliphatic carbocycles. The number of rotatable bonds is 5. The third-order valence-electron chi connectivity index (χ3n) is 1.58. The van der Waals surface area contributed by atoms with Gasteiger partial charge < -0.3 is 10.1 Å². The first kappa shape index (κ1) is 13.0. The average Bonchev–Trinajstić information content (AvgIpc) is 2.28. The van der Waals surface area contributed by atoms with Crippen molar-refractivity contribution in [2.24, 2.45) is 0 Å². The number of anilines is 1. The van der Waals surface area contributed by atoms with Crippen molar-refractivity contribution in [2.75, 3.05) is 25.2 Å². The van der Waals surface area contributed by atoms with Gasteiger partial charge in [-0.2, -0.15) is 15.0 Å². The van der Waals surface area contributed by atoms with Gasteiger partial charge in [0.15, 0.2) is 5.16 Å². The van der Waals surface area contributed by atoms with E-state index < -0.39 is 0 Å². The molecule has 1 N–H and O–H groups in total. The minimum atomic E-state index is -0.263. The zero-order chi connectivity index (χ0) is 12.0. The third-order valence-corrected chi connectivity index (χ3v) is 2.59. The fraction of sp³-hybridized carbons (Fsp3) is 0.500. The van der Waals surface area contributed by atoms with Crippen LogP contribution in [0, 0.1) is 0 Å². The number of thioether (sulfide) groups is 1. The van der Waals surface area contributed by atoms with E-state index in [4.69, 9.17) is 11.6 Å². The van der Waals surface area contributed by atoms with Gasteiger partial charge in [-0.1, -0.05) is 11.8 Å². The molecule has 6 nitrogen and oxygen atoms in total. The highest BCUT2D eigenvalue weighted by molar-refractivity contribution is 7.99. The van der Waals surface area contributed by atoms with Gasteiger partial charge in [-0.05, 0) is 11.6 Å². The van der Waals surface area contributed by atoms with Crippen LogP contribution in [0.5, 0.6) is 0 Å². The number of esters is 1. The van der Waals surface area contributed by atoms with Gasteiger partial charge in [0, 0.05) is 12.8 Å². The van der Waals surface area contributed by atoms with Gasteiger partial charge in [0.25, 0.3) is 0 Å². The maximum atomic E-state index is 10.9. The van der Waals surface area contributed by atoms with Crippen molar-refractivity contribution in [3.63, 3.8) is 0 Å². The van der Waals surface area contributed by atoms with E-state index >= 15 is 0 Å². The van der Waals surface area contributed by atoms with E-state index in [1.807, 2.05) is 0 Å². The van der Waals surface area contributed by atoms with Crippen molar-refractivity contribution < 1.29 is 9.53 Å². The van der Waals surface area contributed by atoms with Crippen LogP contribution in [0.1, 0.15) is 6.42 Å². The number of hydrogen-bond donors (Lipinski definition) is 1. The highest BCUT2D eigenvalue weighted by Crippen LogP contribution is 2.17. The normalized spacial score (nSPS) is 9.94. The highest BCUT2D eigenvalue weighted by atomic mass is 35.5. The second-order valence-corrected chi connectivity index (χ2v) is 4.04. The van der Waals surface area contributed by atoms with Crippen molar-refractivity contribution in [3.05, 3.63) is 5.28 Å². The van der Waals surface area contributed by atoms with Gasteiger partial charge in [0.2, 0.25) is 11.2 Å². The number of halogens is 1. The Morgan fingerprint density at radius 1 is 1.50 bits per heavy atom. The lowest BCUT2D eigenvalue weighted by Gasteiger charge is -2.02. The lowest BCUT2D eigenvalue weighted by atomic mass is 10.5. The Morgan fingerprint density at radius 2 is 2.25 bits per heavy atom. The van der Waals surface area contributed by atoms with Crippen LogP contribution in [0.2, 0.25) is 5.28 Å². The van der Waals surface area contributed by atoms with Crippen LogP contribution in [0.15, 0.2) is 5.16 Å². The summed E-state index contributed by atoms with van der Waals surface area (Å²) in [6, 6.07) is 0. The van der Waals surface area contributed by atoms with E-state index in [0.29, 0.717) is 23.3 Å². The number of methoxy groups -OCH3 is 1. The molecule has 1 rings (SSSR count). The number of carbonyl (C=O) groups excluding carboxylic acids is 1. The number of nitrogens with zero attached hydrogens (tertiary/aromatic N) is 3. The molecule has 0 spiro atoms. The van der Waals surface area contributed by atoms with Crippen molar-refractivity contribution in [1.82, 2.24) is 15.0 Å². The van der Waals surface area contributed by atoms with Crippen LogP contribution >= 0.6 is 23.4 Å². The molecule has 0 atom stereocenters. The molecular weight excluding hydrogens is 252 g/mol. The van der Waals surface area contributed by atoms with Gasteiger partial charge in [-0.15, -0.1) is 0 Å². The molecule has 88 valence electrons. The number of hydrogen-bond acceptors (Lipinski definition) is 7. The van der Waals surface area contributed by atoms with Crippen molar-refractivity contribution in [1.29, 1.82) is 0 Å². The van der Waals surface area contributed by atoms with Gasteiger partial charge in [-0.3, -0.25) is 4.79 Å². The molecule has 0 bridgehead atoms. The summed E-state index contributed by atoms with van der Waals surface area (Å²) in [6.45, 7) is 0. The highest BCUT2D eigenvalue weighted by Gasteiger charge is 2.06. The Bertz CT molecular complexity index is 377. The molecular formula is C8H11ClN4O2S. The minimum absolute atomic E-state index is 0.125. The third kappa shape index (κ3) is 4.19. The van der Waals surface area contributed by atoms with Crippen LogP contribution in [0.3, 0.4) is 0 Å². The van der Waals surface area contributed by atoms with E-state index in [1.165, 1.54) is 18.9 Å². The van der Waals surface area contributed by atoms with Crippen molar-refractivity contribution in [3.8, 4) is 0 Å². The first-order chi connectivity index (χ1) is 7.65. The monoisotopic (exact) mass is 262 g/mol. The molecule has 1 aromatic rings. The average molecular weight is 263 g/mol. The Morgan fingerprint density at radius 3 is 2.88 bits per heavy atom. The predicted molar refractivity (Wildman–Crippen MR) is 61.7 cm³/mol. The summed E-state index contributed by atoms with van der Waals surface area (Å²) < 4.78 is 4.51. The first-order valence-corrected chi connectivity index (χ1v) is 5.81. The van der Waals surface area contributed by atoms with Crippen molar-refractivity contribution in [2.45, 2.75) is 11.6 Å². The molecule has 1 heterocycles. The van der Waals surface area contributed by atoms with Crippen LogP contribution in [-0.2, 0) is 9.53 Å². The Balaban J connectivity index is 2.53. The van der Waals surface area contributed by atoms with Crippen LogP contribution in [-0.4, -0.2) is 40.8 Å². The molecule has 0 fully saturated rings. The quantitative estimate of drug-likeness (QED) is 0.631. The zero-order valence-corrected chi connectivity index (χ0v) is 10.4. The standard InChI is InChI=1S/C8H11ClN4O2S/c1-10-7-11-6(9)12-8(13-7)16-4-3-5(14)15-2/h3-4H2,1-2H3,(H,10,11,12,13). The van der Waals surface area contributed by atoms with Gasteiger partial charge >= 0.3 is 5.97 Å². The van der Waals surface area contributed by atoms with E-state index in [1.54, 1.807) is 7.05 Å². The maximum Gasteiger partial charge on any atom is 0.306 e. The second kappa shape index (κ2) is 6.49. The summed E-state index contributed by atoms with van der Waals surface area (Å²) in [5.74, 6) is 0.679. The number of ether oxygens (including phenoxy) is 1. The minimum Gasteiger partial charge on any atom is -0.469 e. The topological polar surface area (TPSA) is 77.0 Å².